The van der Waals surface area contributed by atoms with E-state index in [1.165, 1.54) is 6.07 Å². The van der Waals surface area contributed by atoms with Crippen LogP contribution in [0.5, 0.6) is 0 Å². The first-order valence-electron chi connectivity index (χ1n) is 10.3. The minimum absolute atomic E-state index is 0.0157. The lowest BCUT2D eigenvalue weighted by Gasteiger charge is -2.29. The number of aromatic amines is 1. The van der Waals surface area contributed by atoms with Gasteiger partial charge in [-0.15, -0.1) is 5.10 Å². The van der Waals surface area contributed by atoms with Gasteiger partial charge in [-0.05, 0) is 30.5 Å². The van der Waals surface area contributed by atoms with Crippen molar-refractivity contribution in [1.29, 1.82) is 0 Å². The van der Waals surface area contributed by atoms with Gasteiger partial charge >= 0.3 is 0 Å². The van der Waals surface area contributed by atoms with Crippen molar-refractivity contribution in [1.82, 2.24) is 19.8 Å². The number of para-hydroxylation sites is 1. The molecule has 1 fully saturated rings. The van der Waals surface area contributed by atoms with Gasteiger partial charge in [0.15, 0.2) is 11.8 Å². The van der Waals surface area contributed by atoms with Crippen molar-refractivity contribution < 1.29 is 21.2 Å². The molecule has 1 aliphatic heterocycles. The average molecular weight is 526 g/mol. The first-order chi connectivity index (χ1) is 16.4. The second-order valence-electron chi connectivity index (χ2n) is 7.89. The van der Waals surface area contributed by atoms with E-state index in [4.69, 9.17) is 22.4 Å². The second kappa shape index (κ2) is 9.04. The lowest BCUT2D eigenvalue weighted by atomic mass is 9.97. The molecular formula is C19H24FN9O4S2. The van der Waals surface area contributed by atoms with Gasteiger partial charge in [0.1, 0.15) is 16.0 Å². The van der Waals surface area contributed by atoms with Crippen LogP contribution in [0.3, 0.4) is 0 Å². The SMILES string of the molecule is NN/N=C(\N)c1c(-c2cccc3[nH]c(N)nc23)ccc(S(=O)(=O)N2CCC(F)CC2)c1S(N)(=O)=O. The molecule has 35 heavy (non-hydrogen) atoms. The number of nitrogens with one attached hydrogen (secondary N) is 2. The summed E-state index contributed by atoms with van der Waals surface area (Å²) >= 11 is 0. The van der Waals surface area contributed by atoms with Crippen LogP contribution in [-0.4, -0.2) is 56.2 Å². The van der Waals surface area contributed by atoms with Gasteiger partial charge in [0.05, 0.1) is 11.0 Å². The Balaban J connectivity index is 2.07. The number of nitrogens with zero attached hydrogens (tertiary/aromatic N) is 3. The maximum atomic E-state index is 13.6. The molecule has 10 N–H and O–H groups in total. The normalized spacial score (nSPS) is 16.6. The zero-order valence-electron chi connectivity index (χ0n) is 18.3. The monoisotopic (exact) mass is 525 g/mol. The zero-order valence-corrected chi connectivity index (χ0v) is 19.9. The maximum Gasteiger partial charge on any atom is 0.244 e. The van der Waals surface area contributed by atoms with E-state index in [1.54, 1.807) is 18.2 Å². The third-order valence-electron chi connectivity index (χ3n) is 5.67. The van der Waals surface area contributed by atoms with Crippen LogP contribution >= 0.6 is 0 Å². The van der Waals surface area contributed by atoms with Crippen molar-refractivity contribution in [3.05, 3.63) is 35.9 Å². The van der Waals surface area contributed by atoms with Crippen LogP contribution in [0, 0.1) is 0 Å². The number of halogens is 1. The van der Waals surface area contributed by atoms with Gasteiger partial charge in [-0.3, -0.25) is 0 Å². The molecule has 1 aromatic heterocycles. The smallest absolute Gasteiger partial charge is 0.244 e. The molecule has 3 aromatic rings. The second-order valence-corrected chi connectivity index (χ2v) is 11.3. The molecule has 0 atom stereocenters. The van der Waals surface area contributed by atoms with E-state index in [2.05, 4.69) is 15.1 Å². The van der Waals surface area contributed by atoms with Crippen molar-refractivity contribution in [3.63, 3.8) is 0 Å². The average Bonchev–Trinajstić information content (AvgIpc) is 3.18. The van der Waals surface area contributed by atoms with E-state index >= 15 is 0 Å². The quantitative estimate of drug-likeness (QED) is 0.107. The Bertz CT molecular complexity index is 1530. The standard InChI is InChI=1S/C19H24FN9O4S2/c20-10-6-8-29(9-7-10)35(32,33)14-5-4-11(12-2-1-3-13-16(12)26-19(22)25-13)15(18(21)27-28-23)17(14)34(24,30)31/h1-5,10,28H,6-9,23H2,(H2,21,27)(H3,22,25,26)(H2,24,30,31). The highest BCUT2D eigenvalue weighted by Crippen LogP contribution is 2.37. The molecule has 0 spiro atoms. The van der Waals surface area contributed by atoms with Crippen molar-refractivity contribution in [2.45, 2.75) is 28.8 Å². The van der Waals surface area contributed by atoms with Crippen LogP contribution in [0.4, 0.5) is 10.3 Å². The molecule has 2 aromatic carbocycles. The molecule has 0 radical (unpaired) electrons. The molecule has 1 saturated heterocycles. The molecule has 0 saturated carbocycles. The highest BCUT2D eigenvalue weighted by atomic mass is 32.2. The maximum absolute atomic E-state index is 13.6. The fourth-order valence-corrected chi connectivity index (χ4v) is 7.18. The Morgan fingerprint density at radius 1 is 1.14 bits per heavy atom. The van der Waals surface area contributed by atoms with Crippen LogP contribution in [0.25, 0.3) is 22.2 Å². The number of aromatic nitrogens is 2. The summed E-state index contributed by atoms with van der Waals surface area (Å²) in [4.78, 5) is 5.72. The number of anilines is 1. The minimum Gasteiger partial charge on any atom is -0.382 e. The topological polar surface area (TPSA) is 229 Å². The number of hydrogen-bond acceptors (Lipinski definition) is 9. The predicted octanol–water partition coefficient (Wildman–Crippen LogP) is -0.334. The van der Waals surface area contributed by atoms with Crippen molar-refractivity contribution >= 4 is 42.9 Å². The number of H-pyrrole nitrogens is 1. The van der Waals surface area contributed by atoms with E-state index in [-0.39, 0.29) is 43.0 Å². The highest BCUT2D eigenvalue weighted by Gasteiger charge is 2.36. The number of hydrazone groups is 1. The summed E-state index contributed by atoms with van der Waals surface area (Å²) in [7, 11) is -9.10. The van der Waals surface area contributed by atoms with Gasteiger partial charge in [0, 0.05) is 24.2 Å². The number of rotatable bonds is 6. The summed E-state index contributed by atoms with van der Waals surface area (Å²) in [5.41, 5.74) is 15.0. The van der Waals surface area contributed by atoms with Crippen LogP contribution in [0.1, 0.15) is 18.4 Å². The molecule has 1 aliphatic rings. The van der Waals surface area contributed by atoms with E-state index in [1.807, 2.05) is 5.53 Å². The molecule has 0 unspecified atom stereocenters. The molecule has 13 nitrogen and oxygen atoms in total. The Morgan fingerprint density at radius 3 is 2.46 bits per heavy atom. The number of benzene rings is 2. The molecule has 188 valence electrons. The summed E-state index contributed by atoms with van der Waals surface area (Å²) in [5, 5.41) is 9.21. The Morgan fingerprint density at radius 2 is 1.83 bits per heavy atom. The fourth-order valence-electron chi connectivity index (χ4n) is 4.13. The molecule has 2 heterocycles. The molecule has 0 amide bonds. The summed E-state index contributed by atoms with van der Waals surface area (Å²) in [6.07, 6.45) is -1.17. The Kier molecular flexibility index (Phi) is 6.41. The van der Waals surface area contributed by atoms with Crippen LogP contribution in [0.15, 0.2) is 45.2 Å². The van der Waals surface area contributed by atoms with E-state index < -0.39 is 41.8 Å². The molecular weight excluding hydrogens is 501 g/mol. The van der Waals surface area contributed by atoms with Crippen LogP contribution in [-0.2, 0) is 20.0 Å². The first-order valence-corrected chi connectivity index (χ1v) is 13.3. The number of hydrazine groups is 1. The number of hydrogen-bond donors (Lipinski definition) is 6. The number of sulfonamides is 2. The first kappa shape index (κ1) is 24.8. The lowest BCUT2D eigenvalue weighted by Crippen LogP contribution is -2.40. The summed E-state index contributed by atoms with van der Waals surface area (Å²) in [5.74, 6) is 4.94. The van der Waals surface area contributed by atoms with Crippen LogP contribution in [0.2, 0.25) is 0 Å². The van der Waals surface area contributed by atoms with Gasteiger partial charge in [-0.2, -0.15) is 4.31 Å². The number of alkyl halides is 1. The Hall–Kier alpha value is -3.31. The summed E-state index contributed by atoms with van der Waals surface area (Å²) < 4.78 is 67.3. The van der Waals surface area contributed by atoms with Gasteiger partial charge in [-0.25, -0.2) is 42.7 Å². The third-order valence-corrected chi connectivity index (χ3v) is 8.73. The minimum atomic E-state index is -4.70. The number of primary sulfonamides is 1. The van der Waals surface area contributed by atoms with Crippen molar-refractivity contribution in [2.75, 3.05) is 18.8 Å². The molecule has 0 aliphatic carbocycles. The van der Waals surface area contributed by atoms with Crippen molar-refractivity contribution in [2.24, 2.45) is 21.8 Å². The van der Waals surface area contributed by atoms with Gasteiger partial charge in [0.25, 0.3) is 0 Å². The summed E-state index contributed by atoms with van der Waals surface area (Å²) in [6, 6.07) is 7.48. The van der Waals surface area contributed by atoms with E-state index in [0.717, 1.165) is 10.4 Å². The van der Waals surface area contributed by atoms with Gasteiger partial charge in [-0.1, -0.05) is 18.2 Å². The fraction of sp³-hybridized carbons (Fsp3) is 0.263. The van der Waals surface area contributed by atoms with Crippen molar-refractivity contribution in [3.8, 4) is 11.1 Å². The number of nitrogens with two attached hydrogens (primary N) is 4. The largest absolute Gasteiger partial charge is 0.382 e. The number of imidazole rings is 1. The van der Waals surface area contributed by atoms with E-state index in [0.29, 0.717) is 16.6 Å². The third kappa shape index (κ3) is 4.53. The molecule has 16 heteroatoms. The Labute approximate surface area is 200 Å². The van der Waals surface area contributed by atoms with Gasteiger partial charge < -0.3 is 16.5 Å². The van der Waals surface area contributed by atoms with E-state index in [9.17, 15) is 21.2 Å². The highest BCUT2D eigenvalue weighted by molar-refractivity contribution is 7.92. The number of nitrogen functional groups attached to an aromatic ring is 1. The van der Waals surface area contributed by atoms with Gasteiger partial charge in [0.2, 0.25) is 20.0 Å². The zero-order chi connectivity index (χ0) is 25.5. The number of fused-ring (bicyclic) bond motifs is 1. The van der Waals surface area contributed by atoms with Crippen LogP contribution < -0.4 is 28.0 Å². The summed E-state index contributed by atoms with van der Waals surface area (Å²) in [6.45, 7) is -0.241. The molecule has 0 bridgehead atoms. The number of piperidine rings is 1. The molecule has 4 rings (SSSR count). The predicted molar refractivity (Wildman–Crippen MR) is 128 cm³/mol. The number of amidine groups is 1. The lowest BCUT2D eigenvalue weighted by molar-refractivity contribution is 0.210.